The molecule has 3 heteroatoms. The lowest BCUT2D eigenvalue weighted by Gasteiger charge is -2.22. The minimum absolute atomic E-state index is 0.469. The first-order chi connectivity index (χ1) is 9.76. The second kappa shape index (κ2) is 7.94. The smallest absolute Gasteiger partial charge is 0.118 e. The number of methoxy groups -OCH3 is 1. The summed E-state index contributed by atoms with van der Waals surface area (Å²) in [7, 11) is 1.72. The van der Waals surface area contributed by atoms with E-state index in [1.807, 2.05) is 0 Å². The molecule has 1 aliphatic rings. The van der Waals surface area contributed by atoms with Gasteiger partial charge in [-0.2, -0.15) is 11.8 Å². The zero-order valence-corrected chi connectivity index (χ0v) is 13.7. The molecular formula is C17H27NOS. The van der Waals surface area contributed by atoms with Crippen LogP contribution in [-0.4, -0.2) is 24.2 Å². The van der Waals surface area contributed by atoms with Crippen LogP contribution in [0.25, 0.3) is 0 Å². The van der Waals surface area contributed by atoms with E-state index < -0.39 is 0 Å². The van der Waals surface area contributed by atoms with Crippen LogP contribution in [0.2, 0.25) is 0 Å². The van der Waals surface area contributed by atoms with Gasteiger partial charge in [-0.25, -0.2) is 0 Å². The van der Waals surface area contributed by atoms with Gasteiger partial charge >= 0.3 is 0 Å². The van der Waals surface area contributed by atoms with Crippen LogP contribution >= 0.6 is 11.8 Å². The summed E-state index contributed by atoms with van der Waals surface area (Å²) in [6.45, 7) is 4.52. The van der Waals surface area contributed by atoms with Crippen LogP contribution < -0.4 is 10.1 Å². The zero-order chi connectivity index (χ0) is 14.4. The Hall–Kier alpha value is -0.670. The van der Waals surface area contributed by atoms with Crippen LogP contribution in [0.4, 0.5) is 0 Å². The Morgan fingerprint density at radius 1 is 1.25 bits per heavy atom. The minimum Gasteiger partial charge on any atom is -0.497 e. The first kappa shape index (κ1) is 15.7. The van der Waals surface area contributed by atoms with Crippen molar-refractivity contribution in [2.24, 2.45) is 0 Å². The number of rotatable bonds is 7. The Morgan fingerprint density at radius 2 is 2.00 bits per heavy atom. The highest BCUT2D eigenvalue weighted by Crippen LogP contribution is 2.31. The molecule has 1 aliphatic carbocycles. The Bertz CT molecular complexity index is 392. The van der Waals surface area contributed by atoms with Gasteiger partial charge in [0.05, 0.1) is 7.11 Å². The van der Waals surface area contributed by atoms with Crippen molar-refractivity contribution in [3.05, 3.63) is 29.8 Å². The molecule has 112 valence electrons. The summed E-state index contributed by atoms with van der Waals surface area (Å²) < 4.78 is 5.23. The molecule has 0 spiro atoms. The molecule has 1 aromatic rings. The maximum Gasteiger partial charge on any atom is 0.118 e. The molecule has 20 heavy (non-hydrogen) atoms. The molecule has 1 aromatic carbocycles. The topological polar surface area (TPSA) is 21.3 Å². The highest BCUT2D eigenvalue weighted by molar-refractivity contribution is 7.99. The normalized spacial score (nSPS) is 23.8. The van der Waals surface area contributed by atoms with Crippen molar-refractivity contribution in [3.8, 4) is 5.75 Å². The third-order valence-electron chi connectivity index (χ3n) is 4.15. The number of nitrogens with one attached hydrogen (secondary N) is 1. The SMILES string of the molecule is CCSC1CCC(NC(CC)c2ccc(OC)cc2)C1. The average molecular weight is 293 g/mol. The number of thioether (sulfide) groups is 1. The van der Waals surface area contributed by atoms with Gasteiger partial charge in [0.2, 0.25) is 0 Å². The van der Waals surface area contributed by atoms with E-state index >= 15 is 0 Å². The molecule has 0 saturated heterocycles. The highest BCUT2D eigenvalue weighted by Gasteiger charge is 2.26. The van der Waals surface area contributed by atoms with Gasteiger partial charge in [-0.1, -0.05) is 26.0 Å². The Morgan fingerprint density at radius 3 is 2.60 bits per heavy atom. The second-order valence-corrected chi connectivity index (χ2v) is 7.07. The fourth-order valence-electron chi connectivity index (χ4n) is 3.05. The van der Waals surface area contributed by atoms with E-state index in [0.717, 1.165) is 17.4 Å². The average Bonchev–Trinajstić information content (AvgIpc) is 2.93. The molecule has 1 fully saturated rings. The van der Waals surface area contributed by atoms with Gasteiger partial charge < -0.3 is 10.1 Å². The van der Waals surface area contributed by atoms with E-state index in [0.29, 0.717) is 12.1 Å². The van der Waals surface area contributed by atoms with Crippen LogP contribution in [0.3, 0.4) is 0 Å². The van der Waals surface area contributed by atoms with Gasteiger partial charge in [-0.3, -0.25) is 0 Å². The maximum absolute atomic E-state index is 5.23. The molecule has 3 atom stereocenters. The third kappa shape index (κ3) is 4.16. The summed E-state index contributed by atoms with van der Waals surface area (Å²) >= 11 is 2.12. The lowest BCUT2D eigenvalue weighted by molar-refractivity contribution is 0.412. The van der Waals surface area contributed by atoms with E-state index in [1.165, 1.54) is 30.6 Å². The second-order valence-electron chi connectivity index (χ2n) is 5.49. The van der Waals surface area contributed by atoms with Crippen molar-refractivity contribution in [2.75, 3.05) is 12.9 Å². The van der Waals surface area contributed by atoms with Crippen molar-refractivity contribution in [3.63, 3.8) is 0 Å². The van der Waals surface area contributed by atoms with Gasteiger partial charge in [-0.05, 0) is 49.1 Å². The first-order valence-corrected chi connectivity index (χ1v) is 8.83. The molecule has 0 aliphatic heterocycles. The standard InChI is InChI=1S/C17H27NOS/c1-4-17(13-6-9-15(19-3)10-7-13)18-14-8-11-16(12-14)20-5-2/h6-7,9-10,14,16-18H,4-5,8,11-12H2,1-3H3. The monoisotopic (exact) mass is 293 g/mol. The fourth-order valence-corrected chi connectivity index (χ4v) is 4.19. The summed E-state index contributed by atoms with van der Waals surface area (Å²) in [4.78, 5) is 0. The van der Waals surface area contributed by atoms with Crippen LogP contribution in [0.15, 0.2) is 24.3 Å². The number of benzene rings is 1. The van der Waals surface area contributed by atoms with E-state index in [1.54, 1.807) is 7.11 Å². The van der Waals surface area contributed by atoms with Gasteiger partial charge in [0.15, 0.2) is 0 Å². The zero-order valence-electron chi connectivity index (χ0n) is 12.9. The quantitative estimate of drug-likeness (QED) is 0.804. The Labute approximate surface area is 127 Å². The predicted molar refractivity (Wildman–Crippen MR) is 88.7 cm³/mol. The largest absolute Gasteiger partial charge is 0.497 e. The molecule has 3 unspecified atom stereocenters. The van der Waals surface area contributed by atoms with E-state index in [-0.39, 0.29) is 0 Å². The van der Waals surface area contributed by atoms with Crippen LogP contribution in [0.1, 0.15) is 51.1 Å². The summed E-state index contributed by atoms with van der Waals surface area (Å²) in [6.07, 6.45) is 5.15. The highest BCUT2D eigenvalue weighted by atomic mass is 32.2. The number of hydrogen-bond acceptors (Lipinski definition) is 3. The Kier molecular flexibility index (Phi) is 6.24. The molecule has 0 heterocycles. The van der Waals surface area contributed by atoms with E-state index in [9.17, 15) is 0 Å². The summed E-state index contributed by atoms with van der Waals surface area (Å²) in [6, 6.07) is 9.65. The molecule has 0 aromatic heterocycles. The van der Waals surface area contributed by atoms with Crippen LogP contribution in [0, 0.1) is 0 Å². The van der Waals surface area contributed by atoms with E-state index in [2.05, 4.69) is 55.2 Å². The summed E-state index contributed by atoms with van der Waals surface area (Å²) in [5, 5.41) is 4.72. The summed E-state index contributed by atoms with van der Waals surface area (Å²) in [5.41, 5.74) is 1.37. The molecule has 2 nitrogen and oxygen atoms in total. The molecule has 2 rings (SSSR count). The number of hydrogen-bond donors (Lipinski definition) is 1. The lowest BCUT2D eigenvalue weighted by Crippen LogP contribution is -2.30. The van der Waals surface area contributed by atoms with Crippen molar-refractivity contribution in [1.29, 1.82) is 0 Å². The molecule has 0 amide bonds. The molecule has 1 saturated carbocycles. The minimum atomic E-state index is 0.469. The van der Waals surface area contributed by atoms with Crippen molar-refractivity contribution < 1.29 is 4.74 Å². The third-order valence-corrected chi connectivity index (χ3v) is 5.38. The first-order valence-electron chi connectivity index (χ1n) is 7.78. The van der Waals surface area contributed by atoms with Gasteiger partial charge in [-0.15, -0.1) is 0 Å². The number of ether oxygens (including phenoxy) is 1. The summed E-state index contributed by atoms with van der Waals surface area (Å²) in [5.74, 6) is 2.18. The molecule has 0 bridgehead atoms. The van der Waals surface area contributed by atoms with Gasteiger partial charge in [0.1, 0.15) is 5.75 Å². The maximum atomic E-state index is 5.23. The predicted octanol–water partition coefficient (Wildman–Crippen LogP) is 4.41. The van der Waals surface area contributed by atoms with Crippen molar-refractivity contribution >= 4 is 11.8 Å². The van der Waals surface area contributed by atoms with Gasteiger partial charge in [0, 0.05) is 17.3 Å². The molecule has 0 radical (unpaired) electrons. The van der Waals surface area contributed by atoms with Crippen molar-refractivity contribution in [2.45, 2.75) is 56.9 Å². The van der Waals surface area contributed by atoms with E-state index in [4.69, 9.17) is 4.74 Å². The van der Waals surface area contributed by atoms with Crippen molar-refractivity contribution in [1.82, 2.24) is 5.32 Å². The van der Waals surface area contributed by atoms with Crippen LogP contribution in [0.5, 0.6) is 5.75 Å². The molecule has 1 N–H and O–H groups in total. The van der Waals surface area contributed by atoms with Crippen LogP contribution in [-0.2, 0) is 0 Å². The fraction of sp³-hybridized carbons (Fsp3) is 0.647. The van der Waals surface area contributed by atoms with Gasteiger partial charge in [0.25, 0.3) is 0 Å². The lowest BCUT2D eigenvalue weighted by atomic mass is 10.0. The molecular weight excluding hydrogens is 266 g/mol. The Balaban J connectivity index is 1.91.